The van der Waals surface area contributed by atoms with Crippen LogP contribution in [0.3, 0.4) is 0 Å². The van der Waals surface area contributed by atoms with Gasteiger partial charge in [-0.1, -0.05) is 30.2 Å². The van der Waals surface area contributed by atoms with Crippen molar-refractivity contribution in [2.75, 3.05) is 0 Å². The van der Waals surface area contributed by atoms with Crippen molar-refractivity contribution in [3.8, 4) is 0 Å². The quantitative estimate of drug-likeness (QED) is 0.801. The lowest BCUT2D eigenvalue weighted by Gasteiger charge is -2.39. The van der Waals surface area contributed by atoms with Gasteiger partial charge in [-0.2, -0.15) is 13.2 Å². The van der Waals surface area contributed by atoms with Crippen LogP contribution >= 0.6 is 11.6 Å². The molecular formula is C14H16ClF4N. The Hall–Kier alpha value is -0.810. The molecule has 0 bridgehead atoms. The number of alkyl halides is 3. The largest absolute Gasteiger partial charge is 0.391 e. The monoisotopic (exact) mass is 309 g/mol. The van der Waals surface area contributed by atoms with Crippen molar-refractivity contribution in [3.05, 3.63) is 34.6 Å². The molecule has 1 aromatic carbocycles. The number of hydrogen-bond acceptors (Lipinski definition) is 1. The average Bonchev–Trinajstić information content (AvgIpc) is 2.34. The zero-order valence-electron chi connectivity index (χ0n) is 10.8. The van der Waals surface area contributed by atoms with Crippen LogP contribution in [0.1, 0.15) is 31.2 Å². The molecule has 1 fully saturated rings. The molecule has 112 valence electrons. The lowest BCUT2D eigenvalue weighted by Crippen LogP contribution is -2.49. The van der Waals surface area contributed by atoms with Gasteiger partial charge >= 0.3 is 6.18 Å². The molecule has 1 aromatic rings. The standard InChI is InChI=1S/C14H16ClF4N/c15-12-9(3-1-5-11(12)16)7-13(20)6-2-4-10(8-13)14(17,18)19/h1,3,5,10H,2,4,6-8,20H2. The van der Waals surface area contributed by atoms with Crippen molar-refractivity contribution < 1.29 is 17.6 Å². The fourth-order valence-electron chi connectivity index (χ4n) is 2.90. The second kappa shape index (κ2) is 5.53. The van der Waals surface area contributed by atoms with E-state index in [0.29, 0.717) is 18.4 Å². The summed E-state index contributed by atoms with van der Waals surface area (Å²) >= 11 is 5.85. The first-order valence-corrected chi connectivity index (χ1v) is 6.87. The zero-order chi connectivity index (χ0) is 15.0. The summed E-state index contributed by atoms with van der Waals surface area (Å²) in [6.07, 6.45) is -3.17. The molecule has 2 unspecified atom stereocenters. The van der Waals surface area contributed by atoms with E-state index < -0.39 is 23.5 Å². The van der Waals surface area contributed by atoms with Crippen molar-refractivity contribution in [2.45, 2.75) is 43.8 Å². The molecule has 6 heteroatoms. The van der Waals surface area contributed by atoms with E-state index in [1.54, 1.807) is 6.07 Å². The first-order chi connectivity index (χ1) is 9.21. The molecule has 2 N–H and O–H groups in total. The Morgan fingerprint density at radius 3 is 2.70 bits per heavy atom. The van der Waals surface area contributed by atoms with Gasteiger partial charge in [0.25, 0.3) is 0 Å². The van der Waals surface area contributed by atoms with Gasteiger partial charge in [0.1, 0.15) is 5.82 Å². The predicted octanol–water partition coefficient (Wildman–Crippen LogP) is 4.47. The van der Waals surface area contributed by atoms with Gasteiger partial charge in [-0.05, 0) is 37.3 Å². The van der Waals surface area contributed by atoms with Crippen LogP contribution in [0.15, 0.2) is 18.2 Å². The summed E-state index contributed by atoms with van der Waals surface area (Å²) in [5, 5.41) is -0.0496. The summed E-state index contributed by atoms with van der Waals surface area (Å²) < 4.78 is 51.8. The minimum absolute atomic E-state index is 0.0496. The molecule has 20 heavy (non-hydrogen) atoms. The molecule has 0 radical (unpaired) electrons. The van der Waals surface area contributed by atoms with Crippen molar-refractivity contribution in [2.24, 2.45) is 11.7 Å². The van der Waals surface area contributed by atoms with Gasteiger partial charge in [0.15, 0.2) is 0 Å². The SMILES string of the molecule is NC1(Cc2cccc(F)c2Cl)CCCC(C(F)(F)F)C1. The summed E-state index contributed by atoms with van der Waals surface area (Å²) in [5.41, 5.74) is 5.61. The number of benzene rings is 1. The average molecular weight is 310 g/mol. The van der Waals surface area contributed by atoms with Crippen LogP contribution in [0.25, 0.3) is 0 Å². The van der Waals surface area contributed by atoms with Crippen LogP contribution in [0.4, 0.5) is 17.6 Å². The molecule has 0 aliphatic heterocycles. The highest BCUT2D eigenvalue weighted by molar-refractivity contribution is 6.31. The third kappa shape index (κ3) is 3.44. The highest BCUT2D eigenvalue weighted by Gasteiger charge is 2.46. The maximum Gasteiger partial charge on any atom is 0.391 e. The fourth-order valence-corrected chi connectivity index (χ4v) is 3.09. The third-order valence-electron chi connectivity index (χ3n) is 3.92. The molecular weight excluding hydrogens is 294 g/mol. The van der Waals surface area contributed by atoms with Gasteiger partial charge in [0.2, 0.25) is 0 Å². The van der Waals surface area contributed by atoms with Gasteiger partial charge in [0, 0.05) is 5.54 Å². The van der Waals surface area contributed by atoms with E-state index in [1.807, 2.05) is 0 Å². The lowest BCUT2D eigenvalue weighted by molar-refractivity contribution is -0.187. The van der Waals surface area contributed by atoms with E-state index in [1.165, 1.54) is 12.1 Å². The Bertz CT molecular complexity index is 489. The van der Waals surface area contributed by atoms with Crippen LogP contribution in [-0.4, -0.2) is 11.7 Å². The first-order valence-electron chi connectivity index (χ1n) is 6.50. The maximum atomic E-state index is 13.4. The molecule has 0 spiro atoms. The molecule has 1 aliphatic rings. The Kier molecular flexibility index (Phi) is 4.30. The van der Waals surface area contributed by atoms with E-state index >= 15 is 0 Å². The van der Waals surface area contributed by atoms with Crippen LogP contribution in [0.2, 0.25) is 5.02 Å². The summed E-state index contributed by atoms with van der Waals surface area (Å²) in [7, 11) is 0. The van der Waals surface area contributed by atoms with Gasteiger partial charge < -0.3 is 5.73 Å². The summed E-state index contributed by atoms with van der Waals surface area (Å²) in [6.45, 7) is 0. The molecule has 1 saturated carbocycles. The first kappa shape index (κ1) is 15.6. The summed E-state index contributed by atoms with van der Waals surface area (Å²) in [5.74, 6) is -1.95. The van der Waals surface area contributed by atoms with Crippen molar-refractivity contribution in [1.82, 2.24) is 0 Å². The molecule has 0 amide bonds. The van der Waals surface area contributed by atoms with Crippen molar-refractivity contribution in [1.29, 1.82) is 0 Å². The maximum absolute atomic E-state index is 13.4. The van der Waals surface area contributed by atoms with Crippen LogP contribution in [0.5, 0.6) is 0 Å². The predicted molar refractivity (Wildman–Crippen MR) is 70.0 cm³/mol. The van der Waals surface area contributed by atoms with E-state index in [2.05, 4.69) is 0 Å². The summed E-state index contributed by atoms with van der Waals surface area (Å²) in [6, 6.07) is 4.32. The Labute approximate surface area is 120 Å². The molecule has 2 atom stereocenters. The van der Waals surface area contributed by atoms with Gasteiger partial charge in [-0.25, -0.2) is 4.39 Å². The third-order valence-corrected chi connectivity index (χ3v) is 4.34. The zero-order valence-corrected chi connectivity index (χ0v) is 11.6. The minimum atomic E-state index is -4.23. The van der Waals surface area contributed by atoms with Crippen LogP contribution < -0.4 is 5.73 Å². The van der Waals surface area contributed by atoms with E-state index in [0.717, 1.165) is 0 Å². The van der Waals surface area contributed by atoms with Crippen LogP contribution in [-0.2, 0) is 6.42 Å². The van der Waals surface area contributed by atoms with Crippen LogP contribution in [0, 0.1) is 11.7 Å². The highest BCUT2D eigenvalue weighted by Crippen LogP contribution is 2.42. The van der Waals surface area contributed by atoms with Crippen molar-refractivity contribution in [3.63, 3.8) is 0 Å². The number of rotatable bonds is 2. The molecule has 0 aromatic heterocycles. The summed E-state index contributed by atoms with van der Waals surface area (Å²) in [4.78, 5) is 0. The molecule has 0 heterocycles. The van der Waals surface area contributed by atoms with E-state index in [-0.39, 0.29) is 24.3 Å². The Morgan fingerprint density at radius 2 is 2.05 bits per heavy atom. The smallest absolute Gasteiger partial charge is 0.325 e. The second-order valence-electron chi connectivity index (χ2n) is 5.59. The van der Waals surface area contributed by atoms with Gasteiger partial charge in [-0.3, -0.25) is 0 Å². The normalized spacial score (nSPS) is 27.6. The number of nitrogens with two attached hydrogens (primary N) is 1. The lowest BCUT2D eigenvalue weighted by atomic mass is 9.73. The van der Waals surface area contributed by atoms with Crippen molar-refractivity contribution >= 4 is 11.6 Å². The van der Waals surface area contributed by atoms with Gasteiger partial charge in [0.05, 0.1) is 10.9 Å². The molecule has 0 saturated heterocycles. The Balaban J connectivity index is 2.17. The molecule has 1 aliphatic carbocycles. The number of hydrogen-bond donors (Lipinski definition) is 1. The fraction of sp³-hybridized carbons (Fsp3) is 0.571. The highest BCUT2D eigenvalue weighted by atomic mass is 35.5. The Morgan fingerprint density at radius 1 is 1.35 bits per heavy atom. The number of halogens is 5. The topological polar surface area (TPSA) is 26.0 Å². The molecule has 2 rings (SSSR count). The van der Waals surface area contributed by atoms with E-state index in [4.69, 9.17) is 17.3 Å². The molecule has 1 nitrogen and oxygen atoms in total. The minimum Gasteiger partial charge on any atom is -0.325 e. The van der Waals surface area contributed by atoms with Gasteiger partial charge in [-0.15, -0.1) is 0 Å². The van der Waals surface area contributed by atoms with E-state index in [9.17, 15) is 17.6 Å². The second-order valence-corrected chi connectivity index (χ2v) is 5.96.